The quantitative estimate of drug-likeness (QED) is 0.895. The molecule has 0 spiro atoms. The second kappa shape index (κ2) is 6.28. The van der Waals surface area contributed by atoms with Crippen molar-refractivity contribution in [3.05, 3.63) is 63.9 Å². The van der Waals surface area contributed by atoms with Crippen molar-refractivity contribution in [2.45, 2.75) is 12.7 Å². The van der Waals surface area contributed by atoms with Crippen LogP contribution >= 0.6 is 15.9 Å². The summed E-state index contributed by atoms with van der Waals surface area (Å²) in [5.74, 6) is -0.492. The molecule has 0 bridgehead atoms. The number of aliphatic hydroxyl groups excluding tert-OH is 1. The molecule has 0 aliphatic heterocycles. The largest absolute Gasteiger partial charge is 0.435 e. The Hall–Kier alpha value is -1.53. The molecular weight excluding hydrogens is 337 g/mol. The highest BCUT2D eigenvalue weighted by atomic mass is 79.9. The van der Waals surface area contributed by atoms with E-state index < -0.39 is 18.5 Å². The third-order valence-electron chi connectivity index (χ3n) is 2.66. The maximum atomic E-state index is 13.1. The van der Waals surface area contributed by atoms with Gasteiger partial charge in [-0.15, -0.1) is 0 Å². The molecule has 1 unspecified atom stereocenters. The van der Waals surface area contributed by atoms with Crippen LogP contribution in [0.15, 0.2) is 46.9 Å². The molecule has 2 nitrogen and oxygen atoms in total. The Bertz CT molecular complexity index is 605. The van der Waals surface area contributed by atoms with Gasteiger partial charge in [-0.1, -0.05) is 18.2 Å². The van der Waals surface area contributed by atoms with Crippen LogP contribution in [0.1, 0.15) is 17.2 Å². The standard InChI is InChI=1S/C14H10BrF3O2/c15-11-7-9(4-5-12(11)16)13(19)8-2-1-3-10(6-8)20-14(17)18/h1-7,13-14,19H. The summed E-state index contributed by atoms with van der Waals surface area (Å²) >= 11 is 3.02. The van der Waals surface area contributed by atoms with Crippen molar-refractivity contribution < 1.29 is 23.0 Å². The number of alkyl halides is 2. The summed E-state index contributed by atoms with van der Waals surface area (Å²) < 4.78 is 41.9. The summed E-state index contributed by atoms with van der Waals surface area (Å²) in [5, 5.41) is 10.2. The molecule has 0 radical (unpaired) electrons. The summed E-state index contributed by atoms with van der Waals surface area (Å²) in [6.45, 7) is -2.93. The molecule has 2 aromatic rings. The third kappa shape index (κ3) is 3.52. The van der Waals surface area contributed by atoms with Crippen molar-refractivity contribution in [2.75, 3.05) is 0 Å². The molecule has 2 rings (SSSR count). The number of hydrogen-bond donors (Lipinski definition) is 1. The number of aliphatic hydroxyl groups is 1. The first-order valence-corrected chi connectivity index (χ1v) is 6.44. The average molecular weight is 347 g/mol. The second-order valence-corrected chi connectivity index (χ2v) is 4.88. The minimum absolute atomic E-state index is 0.0438. The molecule has 0 aliphatic rings. The van der Waals surface area contributed by atoms with Gasteiger partial charge in [-0.3, -0.25) is 0 Å². The molecule has 106 valence electrons. The van der Waals surface area contributed by atoms with Gasteiger partial charge in [0.15, 0.2) is 0 Å². The summed E-state index contributed by atoms with van der Waals surface area (Å²) in [6.07, 6.45) is -1.06. The zero-order chi connectivity index (χ0) is 14.7. The van der Waals surface area contributed by atoms with Crippen molar-refractivity contribution >= 4 is 15.9 Å². The van der Waals surface area contributed by atoms with E-state index in [1.807, 2.05) is 0 Å². The van der Waals surface area contributed by atoms with Gasteiger partial charge in [0.1, 0.15) is 17.7 Å². The first-order valence-electron chi connectivity index (χ1n) is 5.65. The molecule has 0 saturated carbocycles. The predicted molar refractivity (Wildman–Crippen MR) is 71.2 cm³/mol. The van der Waals surface area contributed by atoms with Gasteiger partial charge in [0, 0.05) is 0 Å². The van der Waals surface area contributed by atoms with E-state index in [-0.39, 0.29) is 10.2 Å². The molecule has 1 atom stereocenters. The van der Waals surface area contributed by atoms with Crippen LogP contribution in [0.5, 0.6) is 5.75 Å². The summed E-state index contributed by atoms with van der Waals surface area (Å²) in [5.41, 5.74) is 0.814. The van der Waals surface area contributed by atoms with Crippen LogP contribution in [-0.2, 0) is 0 Å². The van der Waals surface area contributed by atoms with Crippen molar-refractivity contribution in [1.82, 2.24) is 0 Å². The van der Waals surface area contributed by atoms with Gasteiger partial charge in [0.2, 0.25) is 0 Å². The Labute approximate surface area is 121 Å². The number of rotatable bonds is 4. The fourth-order valence-electron chi connectivity index (χ4n) is 1.74. The maximum absolute atomic E-state index is 13.1. The second-order valence-electron chi connectivity index (χ2n) is 4.03. The number of halogens is 4. The SMILES string of the molecule is OC(c1cccc(OC(F)F)c1)c1ccc(F)c(Br)c1. The lowest BCUT2D eigenvalue weighted by Crippen LogP contribution is -2.04. The number of ether oxygens (including phenoxy) is 1. The van der Waals surface area contributed by atoms with E-state index in [1.165, 1.54) is 36.4 Å². The van der Waals surface area contributed by atoms with Crippen LogP contribution in [-0.4, -0.2) is 11.7 Å². The van der Waals surface area contributed by atoms with E-state index in [2.05, 4.69) is 20.7 Å². The lowest BCUT2D eigenvalue weighted by Gasteiger charge is -2.13. The fourth-order valence-corrected chi connectivity index (χ4v) is 2.13. The Morgan fingerprint density at radius 2 is 1.75 bits per heavy atom. The normalized spacial score (nSPS) is 12.5. The average Bonchev–Trinajstić information content (AvgIpc) is 2.40. The Morgan fingerprint density at radius 1 is 1.05 bits per heavy atom. The minimum Gasteiger partial charge on any atom is -0.435 e. The molecule has 0 fully saturated rings. The summed E-state index contributed by atoms with van der Waals surface area (Å²) in [4.78, 5) is 0. The topological polar surface area (TPSA) is 29.5 Å². The zero-order valence-corrected chi connectivity index (χ0v) is 11.6. The molecule has 2 aromatic carbocycles. The minimum atomic E-state index is -2.93. The Balaban J connectivity index is 2.28. The van der Waals surface area contributed by atoms with Gasteiger partial charge in [-0.2, -0.15) is 8.78 Å². The van der Waals surface area contributed by atoms with Gasteiger partial charge in [0.25, 0.3) is 0 Å². The highest BCUT2D eigenvalue weighted by Gasteiger charge is 2.14. The van der Waals surface area contributed by atoms with Crippen LogP contribution in [0.25, 0.3) is 0 Å². The van der Waals surface area contributed by atoms with E-state index in [0.29, 0.717) is 11.1 Å². The highest BCUT2D eigenvalue weighted by Crippen LogP contribution is 2.28. The van der Waals surface area contributed by atoms with E-state index in [9.17, 15) is 18.3 Å². The van der Waals surface area contributed by atoms with E-state index in [1.54, 1.807) is 6.07 Å². The van der Waals surface area contributed by atoms with Gasteiger partial charge < -0.3 is 9.84 Å². The molecule has 0 amide bonds. The fraction of sp³-hybridized carbons (Fsp3) is 0.143. The van der Waals surface area contributed by atoms with Crippen LogP contribution < -0.4 is 4.74 Å². The highest BCUT2D eigenvalue weighted by molar-refractivity contribution is 9.10. The molecule has 1 N–H and O–H groups in total. The predicted octanol–water partition coefficient (Wildman–Crippen LogP) is 4.27. The van der Waals surface area contributed by atoms with Crippen molar-refractivity contribution in [3.63, 3.8) is 0 Å². The maximum Gasteiger partial charge on any atom is 0.387 e. The summed E-state index contributed by atoms with van der Waals surface area (Å²) in [7, 11) is 0. The monoisotopic (exact) mass is 346 g/mol. The Morgan fingerprint density at radius 3 is 2.40 bits per heavy atom. The first kappa shape index (κ1) is 14.9. The zero-order valence-electron chi connectivity index (χ0n) is 10.1. The van der Waals surface area contributed by atoms with Crippen LogP contribution in [0, 0.1) is 5.82 Å². The molecule has 0 aromatic heterocycles. The number of hydrogen-bond acceptors (Lipinski definition) is 2. The van der Waals surface area contributed by atoms with E-state index in [0.717, 1.165) is 0 Å². The van der Waals surface area contributed by atoms with Gasteiger partial charge in [0.05, 0.1) is 4.47 Å². The van der Waals surface area contributed by atoms with Crippen molar-refractivity contribution in [3.8, 4) is 5.75 Å². The number of benzene rings is 2. The van der Waals surface area contributed by atoms with E-state index in [4.69, 9.17) is 0 Å². The van der Waals surface area contributed by atoms with Gasteiger partial charge in [-0.25, -0.2) is 4.39 Å². The smallest absolute Gasteiger partial charge is 0.387 e. The third-order valence-corrected chi connectivity index (χ3v) is 3.27. The molecule has 20 heavy (non-hydrogen) atoms. The molecule has 0 aliphatic carbocycles. The Kier molecular flexibility index (Phi) is 4.67. The lowest BCUT2D eigenvalue weighted by atomic mass is 10.0. The van der Waals surface area contributed by atoms with Crippen molar-refractivity contribution in [1.29, 1.82) is 0 Å². The molecule has 0 saturated heterocycles. The van der Waals surface area contributed by atoms with Crippen LogP contribution in [0.4, 0.5) is 13.2 Å². The first-order chi connectivity index (χ1) is 9.47. The van der Waals surface area contributed by atoms with Crippen LogP contribution in [0.3, 0.4) is 0 Å². The summed E-state index contributed by atoms with van der Waals surface area (Å²) in [6, 6.07) is 9.81. The molecule has 6 heteroatoms. The molecule has 0 heterocycles. The molecular formula is C14H10BrF3O2. The van der Waals surface area contributed by atoms with Gasteiger partial charge >= 0.3 is 6.61 Å². The lowest BCUT2D eigenvalue weighted by molar-refractivity contribution is -0.0499. The van der Waals surface area contributed by atoms with Crippen molar-refractivity contribution in [2.24, 2.45) is 0 Å². The van der Waals surface area contributed by atoms with E-state index >= 15 is 0 Å². The van der Waals surface area contributed by atoms with Crippen LogP contribution in [0.2, 0.25) is 0 Å². The van der Waals surface area contributed by atoms with Gasteiger partial charge in [-0.05, 0) is 51.3 Å².